The smallest absolute Gasteiger partial charge is 0.284 e. The molecule has 0 aliphatic carbocycles. The summed E-state index contributed by atoms with van der Waals surface area (Å²) in [4.78, 5) is 2.50. The summed E-state index contributed by atoms with van der Waals surface area (Å²) in [5.74, 6) is -0.664. The van der Waals surface area contributed by atoms with Crippen LogP contribution >= 0.6 is 11.8 Å². The Balaban J connectivity index is 1.67. The third-order valence-corrected chi connectivity index (χ3v) is 4.46. The molecule has 1 saturated heterocycles. The molecule has 0 bridgehead atoms. The minimum atomic E-state index is -2.34. The summed E-state index contributed by atoms with van der Waals surface area (Å²) < 4.78 is 29.8. The zero-order valence-electron chi connectivity index (χ0n) is 12.5. The standard InChI is InChI=1S/C15H24F2N2OS/c1-2-7-19-8-5-12(6-9-19)18-10-13-3-4-14(20-13)11-21-15(16)17/h3-4,12,15,18H,2,5-11H2,1H3. The Morgan fingerprint density at radius 3 is 2.71 bits per heavy atom. The molecule has 0 spiro atoms. The number of thioether (sulfide) groups is 1. The van der Waals surface area contributed by atoms with Gasteiger partial charge in [-0.25, -0.2) is 0 Å². The highest BCUT2D eigenvalue weighted by molar-refractivity contribution is 7.98. The first kappa shape index (κ1) is 16.8. The lowest BCUT2D eigenvalue weighted by atomic mass is 10.0. The van der Waals surface area contributed by atoms with Crippen LogP contribution in [0.1, 0.15) is 37.7 Å². The predicted octanol–water partition coefficient (Wildman–Crippen LogP) is 3.70. The highest BCUT2D eigenvalue weighted by Crippen LogP contribution is 2.21. The molecule has 1 N–H and O–H groups in total. The quantitative estimate of drug-likeness (QED) is 0.791. The van der Waals surface area contributed by atoms with E-state index in [1.807, 2.05) is 6.07 Å². The fourth-order valence-corrected chi connectivity index (χ4v) is 3.11. The fraction of sp³-hybridized carbons (Fsp3) is 0.733. The van der Waals surface area contributed by atoms with Crippen LogP contribution < -0.4 is 5.32 Å². The number of piperidine rings is 1. The lowest BCUT2D eigenvalue weighted by Crippen LogP contribution is -2.42. The third-order valence-electron chi connectivity index (χ3n) is 3.76. The van der Waals surface area contributed by atoms with Gasteiger partial charge in [-0.1, -0.05) is 18.7 Å². The van der Waals surface area contributed by atoms with Crippen molar-refractivity contribution < 1.29 is 13.2 Å². The lowest BCUT2D eigenvalue weighted by Gasteiger charge is -2.32. The number of halogens is 2. The monoisotopic (exact) mass is 318 g/mol. The number of rotatable bonds is 8. The molecule has 2 heterocycles. The van der Waals surface area contributed by atoms with E-state index in [-0.39, 0.29) is 5.75 Å². The van der Waals surface area contributed by atoms with Crippen molar-refractivity contribution in [3.63, 3.8) is 0 Å². The van der Waals surface area contributed by atoms with Gasteiger partial charge in [0.1, 0.15) is 11.5 Å². The van der Waals surface area contributed by atoms with Gasteiger partial charge in [-0.2, -0.15) is 8.78 Å². The van der Waals surface area contributed by atoms with Crippen LogP contribution in [0, 0.1) is 0 Å². The third kappa shape index (κ3) is 5.96. The van der Waals surface area contributed by atoms with Gasteiger partial charge in [0.05, 0.1) is 12.3 Å². The van der Waals surface area contributed by atoms with Gasteiger partial charge in [-0.3, -0.25) is 0 Å². The molecular weight excluding hydrogens is 294 g/mol. The van der Waals surface area contributed by atoms with Crippen LogP contribution in [0.3, 0.4) is 0 Å². The zero-order valence-corrected chi connectivity index (χ0v) is 13.3. The molecule has 2 rings (SSSR count). The molecule has 0 atom stereocenters. The van der Waals surface area contributed by atoms with Crippen molar-refractivity contribution in [1.29, 1.82) is 0 Å². The first-order chi connectivity index (χ1) is 10.2. The van der Waals surface area contributed by atoms with Crippen LogP contribution in [-0.2, 0) is 12.3 Å². The second-order valence-corrected chi connectivity index (χ2v) is 6.41. The summed E-state index contributed by atoms with van der Waals surface area (Å²) in [6, 6.07) is 4.19. The first-order valence-corrected chi connectivity index (χ1v) is 8.65. The molecule has 6 heteroatoms. The molecule has 0 unspecified atom stereocenters. The zero-order chi connectivity index (χ0) is 15.1. The molecule has 1 aromatic heterocycles. The molecule has 1 aromatic rings. The van der Waals surface area contributed by atoms with E-state index in [1.54, 1.807) is 6.07 Å². The van der Waals surface area contributed by atoms with E-state index in [9.17, 15) is 8.78 Å². The molecule has 1 fully saturated rings. The van der Waals surface area contributed by atoms with Crippen LogP contribution in [-0.4, -0.2) is 36.3 Å². The van der Waals surface area contributed by atoms with Gasteiger partial charge in [-0.05, 0) is 51.0 Å². The maximum absolute atomic E-state index is 12.1. The van der Waals surface area contributed by atoms with Crippen molar-refractivity contribution in [1.82, 2.24) is 10.2 Å². The summed E-state index contributed by atoms with van der Waals surface area (Å²) in [5.41, 5.74) is 0. The summed E-state index contributed by atoms with van der Waals surface area (Å²) in [7, 11) is 0. The van der Waals surface area contributed by atoms with E-state index in [4.69, 9.17) is 4.42 Å². The van der Waals surface area contributed by atoms with Gasteiger partial charge in [0.2, 0.25) is 0 Å². The molecule has 1 aliphatic rings. The Kier molecular flexibility index (Phi) is 6.99. The van der Waals surface area contributed by atoms with Crippen LogP contribution in [0.25, 0.3) is 0 Å². The van der Waals surface area contributed by atoms with Crippen molar-refractivity contribution in [3.05, 3.63) is 23.7 Å². The first-order valence-electron chi connectivity index (χ1n) is 7.60. The molecule has 0 radical (unpaired) electrons. The van der Waals surface area contributed by atoms with E-state index < -0.39 is 5.76 Å². The Morgan fingerprint density at radius 1 is 1.33 bits per heavy atom. The summed E-state index contributed by atoms with van der Waals surface area (Å²) in [5, 5.41) is 3.50. The van der Waals surface area contributed by atoms with Gasteiger partial charge < -0.3 is 14.6 Å². The molecule has 0 saturated carbocycles. The maximum Gasteiger partial charge on any atom is 0.284 e. The average molecular weight is 318 g/mol. The average Bonchev–Trinajstić information content (AvgIpc) is 2.93. The van der Waals surface area contributed by atoms with E-state index in [2.05, 4.69) is 17.1 Å². The van der Waals surface area contributed by atoms with Gasteiger partial charge in [0.15, 0.2) is 0 Å². The number of likely N-dealkylation sites (tertiary alicyclic amines) is 1. The van der Waals surface area contributed by atoms with Crippen molar-refractivity contribution >= 4 is 11.8 Å². The van der Waals surface area contributed by atoms with Crippen LogP contribution in [0.5, 0.6) is 0 Å². The summed E-state index contributed by atoms with van der Waals surface area (Å²) in [6.45, 7) is 6.39. The van der Waals surface area contributed by atoms with Gasteiger partial charge >= 0.3 is 0 Å². The molecule has 0 amide bonds. The van der Waals surface area contributed by atoms with E-state index in [0.717, 1.165) is 31.7 Å². The van der Waals surface area contributed by atoms with Gasteiger partial charge in [0, 0.05) is 6.04 Å². The van der Waals surface area contributed by atoms with Crippen LogP contribution in [0.4, 0.5) is 8.78 Å². The number of hydrogen-bond donors (Lipinski definition) is 1. The summed E-state index contributed by atoms with van der Waals surface area (Å²) >= 11 is 0.596. The summed E-state index contributed by atoms with van der Waals surface area (Å²) in [6.07, 6.45) is 3.54. The number of nitrogens with zero attached hydrogens (tertiary/aromatic N) is 1. The van der Waals surface area contributed by atoms with Crippen molar-refractivity contribution in [3.8, 4) is 0 Å². The Hall–Kier alpha value is -0.590. The highest BCUT2D eigenvalue weighted by Gasteiger charge is 2.18. The number of alkyl halides is 2. The van der Waals surface area contributed by atoms with Crippen LogP contribution in [0.2, 0.25) is 0 Å². The second-order valence-electron chi connectivity index (χ2n) is 5.44. The lowest BCUT2D eigenvalue weighted by molar-refractivity contribution is 0.196. The number of hydrogen-bond acceptors (Lipinski definition) is 4. The predicted molar refractivity (Wildman–Crippen MR) is 82.6 cm³/mol. The SMILES string of the molecule is CCCN1CCC(NCc2ccc(CSC(F)F)o2)CC1. The number of nitrogens with one attached hydrogen (secondary N) is 1. The van der Waals surface area contributed by atoms with Gasteiger partial charge in [-0.15, -0.1) is 0 Å². The minimum Gasteiger partial charge on any atom is -0.464 e. The second kappa shape index (κ2) is 8.76. The normalized spacial score (nSPS) is 17.7. The highest BCUT2D eigenvalue weighted by atomic mass is 32.2. The molecular formula is C15H24F2N2OS. The molecule has 3 nitrogen and oxygen atoms in total. The number of furan rings is 1. The van der Waals surface area contributed by atoms with Crippen molar-refractivity contribution in [2.75, 3.05) is 19.6 Å². The van der Waals surface area contributed by atoms with E-state index in [1.165, 1.54) is 13.0 Å². The Labute approximate surface area is 129 Å². The van der Waals surface area contributed by atoms with E-state index >= 15 is 0 Å². The topological polar surface area (TPSA) is 28.4 Å². The molecule has 120 valence electrons. The van der Waals surface area contributed by atoms with E-state index in [0.29, 0.717) is 30.1 Å². The molecule has 1 aliphatic heterocycles. The van der Waals surface area contributed by atoms with Crippen LogP contribution in [0.15, 0.2) is 16.5 Å². The minimum absolute atomic E-state index is 0.229. The molecule has 21 heavy (non-hydrogen) atoms. The fourth-order valence-electron chi connectivity index (χ4n) is 2.66. The Bertz CT molecular complexity index is 406. The van der Waals surface area contributed by atoms with Crippen molar-refractivity contribution in [2.24, 2.45) is 0 Å². The van der Waals surface area contributed by atoms with Gasteiger partial charge in [0.25, 0.3) is 5.76 Å². The maximum atomic E-state index is 12.1. The van der Waals surface area contributed by atoms with Crippen molar-refractivity contribution in [2.45, 2.75) is 50.3 Å². The Morgan fingerprint density at radius 2 is 2.05 bits per heavy atom. The largest absolute Gasteiger partial charge is 0.464 e. The molecule has 0 aromatic carbocycles.